The van der Waals surface area contributed by atoms with Gasteiger partial charge in [-0.05, 0) is 43.7 Å². The summed E-state index contributed by atoms with van der Waals surface area (Å²) >= 11 is 0. The molecule has 1 aromatic rings. The van der Waals surface area contributed by atoms with Crippen molar-refractivity contribution < 1.29 is 9.53 Å². The van der Waals surface area contributed by atoms with Crippen molar-refractivity contribution in [2.45, 2.75) is 45.1 Å². The number of ether oxygens (including phenoxy) is 1. The zero-order valence-electron chi connectivity index (χ0n) is 12.1. The number of benzene rings is 1. The molecule has 3 heteroatoms. The van der Waals surface area contributed by atoms with Gasteiger partial charge in [-0.3, -0.25) is 4.79 Å². The van der Waals surface area contributed by atoms with Crippen molar-refractivity contribution in [2.75, 3.05) is 6.61 Å². The maximum Gasteiger partial charge on any atom is 0.154 e. The molecule has 1 saturated carbocycles. The molecule has 106 valence electrons. The molecule has 1 aromatic carbocycles. The van der Waals surface area contributed by atoms with Gasteiger partial charge < -0.3 is 4.74 Å². The number of Topliss-reactive ketones (excluding diaryl/α,β-unsaturated/α-hetero) is 1. The summed E-state index contributed by atoms with van der Waals surface area (Å²) in [4.78, 5) is 12.3. The van der Waals surface area contributed by atoms with E-state index < -0.39 is 5.92 Å². The third-order valence-electron chi connectivity index (χ3n) is 4.04. The highest BCUT2D eigenvalue weighted by atomic mass is 16.5. The maximum atomic E-state index is 12.3. The SMILES string of the molecule is CCOC1CC(CC(=O)C(C#N)c2ccccc2C)C1. The fourth-order valence-corrected chi connectivity index (χ4v) is 2.84. The lowest BCUT2D eigenvalue weighted by Crippen LogP contribution is -2.33. The van der Waals surface area contributed by atoms with E-state index in [9.17, 15) is 10.1 Å². The molecule has 1 aliphatic carbocycles. The molecule has 20 heavy (non-hydrogen) atoms. The van der Waals surface area contributed by atoms with E-state index in [-0.39, 0.29) is 5.78 Å². The molecule has 1 unspecified atom stereocenters. The minimum atomic E-state index is -0.623. The number of hydrogen-bond donors (Lipinski definition) is 0. The smallest absolute Gasteiger partial charge is 0.154 e. The molecule has 0 bridgehead atoms. The third-order valence-corrected chi connectivity index (χ3v) is 4.04. The molecule has 3 nitrogen and oxygen atoms in total. The Morgan fingerprint density at radius 2 is 2.15 bits per heavy atom. The number of nitriles is 1. The lowest BCUT2D eigenvalue weighted by Gasteiger charge is -2.34. The van der Waals surface area contributed by atoms with Gasteiger partial charge >= 0.3 is 0 Å². The second-order valence-corrected chi connectivity index (χ2v) is 5.50. The van der Waals surface area contributed by atoms with Crippen molar-refractivity contribution in [1.29, 1.82) is 5.26 Å². The van der Waals surface area contributed by atoms with Crippen LogP contribution in [-0.4, -0.2) is 18.5 Å². The van der Waals surface area contributed by atoms with E-state index in [1.807, 2.05) is 38.1 Å². The third kappa shape index (κ3) is 3.26. The van der Waals surface area contributed by atoms with Gasteiger partial charge in [-0.25, -0.2) is 0 Å². The Labute approximate surface area is 120 Å². The molecule has 0 aromatic heterocycles. The number of nitrogens with zero attached hydrogens (tertiary/aromatic N) is 1. The van der Waals surface area contributed by atoms with Crippen molar-refractivity contribution in [3.05, 3.63) is 35.4 Å². The van der Waals surface area contributed by atoms with E-state index in [1.165, 1.54) is 0 Å². The summed E-state index contributed by atoms with van der Waals surface area (Å²) in [6, 6.07) is 9.80. The average Bonchev–Trinajstić information content (AvgIpc) is 2.39. The molecule has 1 aliphatic rings. The normalized spacial score (nSPS) is 22.6. The second kappa shape index (κ2) is 6.67. The van der Waals surface area contributed by atoms with Crippen molar-refractivity contribution in [2.24, 2.45) is 5.92 Å². The number of carbonyl (C=O) groups is 1. The van der Waals surface area contributed by atoms with Crippen LogP contribution in [0.1, 0.15) is 43.2 Å². The first kappa shape index (κ1) is 14.7. The van der Waals surface area contributed by atoms with Crippen molar-refractivity contribution in [1.82, 2.24) is 0 Å². The minimum Gasteiger partial charge on any atom is -0.378 e. The summed E-state index contributed by atoms with van der Waals surface area (Å²) in [5, 5.41) is 9.32. The summed E-state index contributed by atoms with van der Waals surface area (Å²) in [6.45, 7) is 4.67. The van der Waals surface area contributed by atoms with Crippen LogP contribution in [0.25, 0.3) is 0 Å². The van der Waals surface area contributed by atoms with Gasteiger partial charge in [0.25, 0.3) is 0 Å². The highest BCUT2D eigenvalue weighted by molar-refractivity contribution is 5.89. The molecular weight excluding hydrogens is 250 g/mol. The Bertz CT molecular complexity index is 512. The lowest BCUT2D eigenvalue weighted by atomic mass is 9.76. The number of aryl methyl sites for hydroxylation is 1. The quantitative estimate of drug-likeness (QED) is 0.797. The van der Waals surface area contributed by atoms with Crippen LogP contribution in [0.5, 0.6) is 0 Å². The molecular formula is C17H21NO2. The summed E-state index contributed by atoms with van der Waals surface area (Å²) in [7, 11) is 0. The zero-order chi connectivity index (χ0) is 14.5. The second-order valence-electron chi connectivity index (χ2n) is 5.50. The number of rotatable bonds is 6. The highest BCUT2D eigenvalue weighted by Gasteiger charge is 2.33. The fourth-order valence-electron chi connectivity index (χ4n) is 2.84. The number of carbonyl (C=O) groups excluding carboxylic acids is 1. The Hall–Kier alpha value is -1.66. The first-order valence-electron chi connectivity index (χ1n) is 7.25. The van der Waals surface area contributed by atoms with Gasteiger partial charge in [-0.2, -0.15) is 5.26 Å². The predicted molar refractivity (Wildman–Crippen MR) is 77.3 cm³/mol. The molecule has 0 radical (unpaired) electrons. The van der Waals surface area contributed by atoms with Crippen LogP contribution >= 0.6 is 0 Å². The van der Waals surface area contributed by atoms with E-state index in [0.717, 1.165) is 30.6 Å². The van der Waals surface area contributed by atoms with Gasteiger partial charge in [0.05, 0.1) is 12.2 Å². The molecule has 1 atom stereocenters. The van der Waals surface area contributed by atoms with E-state index in [1.54, 1.807) is 0 Å². The summed E-state index contributed by atoms with van der Waals surface area (Å²) in [6.07, 6.45) is 2.71. The van der Waals surface area contributed by atoms with Crippen LogP contribution in [0.2, 0.25) is 0 Å². The molecule has 0 saturated heterocycles. The number of ketones is 1. The van der Waals surface area contributed by atoms with Crippen LogP contribution in [0.3, 0.4) is 0 Å². The van der Waals surface area contributed by atoms with Gasteiger partial charge in [-0.15, -0.1) is 0 Å². The maximum absolute atomic E-state index is 12.3. The largest absolute Gasteiger partial charge is 0.378 e. The lowest BCUT2D eigenvalue weighted by molar-refractivity contribution is -0.122. The van der Waals surface area contributed by atoms with Gasteiger partial charge in [-0.1, -0.05) is 24.3 Å². The fraction of sp³-hybridized carbons (Fsp3) is 0.529. The highest BCUT2D eigenvalue weighted by Crippen LogP contribution is 2.35. The standard InChI is InChI=1S/C17H21NO2/c1-3-20-14-8-13(9-14)10-17(19)16(11-18)15-7-5-4-6-12(15)2/h4-7,13-14,16H,3,8-10H2,1-2H3. The topological polar surface area (TPSA) is 50.1 Å². The molecule has 0 aliphatic heterocycles. The van der Waals surface area contributed by atoms with Crippen LogP contribution in [0, 0.1) is 24.2 Å². The Morgan fingerprint density at radius 3 is 2.75 bits per heavy atom. The van der Waals surface area contributed by atoms with E-state index in [4.69, 9.17) is 4.74 Å². The van der Waals surface area contributed by atoms with Crippen LogP contribution < -0.4 is 0 Å². The minimum absolute atomic E-state index is 0.0433. The molecule has 0 heterocycles. The summed E-state index contributed by atoms with van der Waals surface area (Å²) in [5.74, 6) is -0.192. The Kier molecular flexibility index (Phi) is 4.92. The van der Waals surface area contributed by atoms with Gasteiger partial charge in [0, 0.05) is 13.0 Å². The summed E-state index contributed by atoms with van der Waals surface area (Å²) in [5.41, 5.74) is 1.86. The van der Waals surface area contributed by atoms with E-state index in [0.29, 0.717) is 18.4 Å². The average molecular weight is 271 g/mol. The molecule has 1 fully saturated rings. The predicted octanol–water partition coefficient (Wildman–Crippen LogP) is 3.38. The van der Waals surface area contributed by atoms with Gasteiger partial charge in [0.2, 0.25) is 0 Å². The van der Waals surface area contributed by atoms with E-state index in [2.05, 4.69) is 6.07 Å². The van der Waals surface area contributed by atoms with Crippen LogP contribution in [-0.2, 0) is 9.53 Å². The van der Waals surface area contributed by atoms with Gasteiger partial charge in [0.15, 0.2) is 5.78 Å². The van der Waals surface area contributed by atoms with Gasteiger partial charge in [0.1, 0.15) is 5.92 Å². The first-order valence-corrected chi connectivity index (χ1v) is 7.25. The first-order chi connectivity index (χ1) is 9.65. The number of hydrogen-bond acceptors (Lipinski definition) is 3. The molecule has 2 rings (SSSR count). The van der Waals surface area contributed by atoms with Crippen LogP contribution in [0.4, 0.5) is 0 Å². The summed E-state index contributed by atoms with van der Waals surface area (Å²) < 4.78 is 5.50. The molecule has 0 amide bonds. The van der Waals surface area contributed by atoms with E-state index >= 15 is 0 Å². The monoisotopic (exact) mass is 271 g/mol. The Balaban J connectivity index is 1.95. The van der Waals surface area contributed by atoms with Crippen molar-refractivity contribution in [3.8, 4) is 6.07 Å². The van der Waals surface area contributed by atoms with Crippen LogP contribution in [0.15, 0.2) is 24.3 Å². The van der Waals surface area contributed by atoms with Crippen molar-refractivity contribution >= 4 is 5.78 Å². The molecule has 0 spiro atoms. The zero-order valence-corrected chi connectivity index (χ0v) is 12.1. The van der Waals surface area contributed by atoms with Crippen molar-refractivity contribution in [3.63, 3.8) is 0 Å². The molecule has 0 N–H and O–H groups in total. The Morgan fingerprint density at radius 1 is 1.45 bits per heavy atom.